The van der Waals surface area contributed by atoms with Crippen molar-refractivity contribution >= 4 is 17.8 Å². The van der Waals surface area contributed by atoms with E-state index in [2.05, 4.69) is 20.9 Å². The number of anilines is 1. The maximum absolute atomic E-state index is 13.0. The Morgan fingerprint density at radius 1 is 1.38 bits per heavy atom. The lowest BCUT2D eigenvalue weighted by Gasteiger charge is -2.05. The monoisotopic (exact) mass is 335 g/mol. The highest BCUT2D eigenvalue weighted by Crippen LogP contribution is 2.04. The number of ether oxygens (including phenoxy) is 1. The number of nitrogens with one attached hydrogen (secondary N) is 2. The van der Waals surface area contributed by atoms with Crippen LogP contribution in [0.15, 0.2) is 30.5 Å². The van der Waals surface area contributed by atoms with E-state index in [9.17, 15) is 14.0 Å². The van der Waals surface area contributed by atoms with Gasteiger partial charge in [-0.3, -0.25) is 10.1 Å². The number of hydrogen-bond donors (Lipinski definition) is 2. The first kappa shape index (κ1) is 17.4. The molecule has 0 saturated heterocycles. The molecule has 0 aliphatic heterocycles. The molecule has 0 saturated carbocycles. The van der Waals surface area contributed by atoms with Crippen molar-refractivity contribution in [1.82, 2.24) is 20.3 Å². The Morgan fingerprint density at radius 2 is 2.21 bits per heavy atom. The van der Waals surface area contributed by atoms with Crippen molar-refractivity contribution < 1.29 is 18.7 Å². The zero-order chi connectivity index (χ0) is 17.4. The van der Waals surface area contributed by atoms with Crippen LogP contribution >= 0.6 is 0 Å². The topological polar surface area (TPSA) is 98.1 Å². The van der Waals surface area contributed by atoms with Crippen LogP contribution < -0.4 is 10.6 Å². The van der Waals surface area contributed by atoms with E-state index in [1.165, 1.54) is 23.0 Å². The third kappa shape index (κ3) is 5.67. The van der Waals surface area contributed by atoms with E-state index < -0.39 is 6.09 Å². The highest BCUT2D eigenvalue weighted by molar-refractivity contribution is 5.83. The van der Waals surface area contributed by atoms with Crippen molar-refractivity contribution in [1.29, 1.82) is 0 Å². The second kappa shape index (κ2) is 8.61. The lowest BCUT2D eigenvalue weighted by molar-refractivity contribution is -0.121. The van der Waals surface area contributed by atoms with Crippen LogP contribution in [0.2, 0.25) is 0 Å². The summed E-state index contributed by atoms with van der Waals surface area (Å²) in [6.45, 7) is 2.27. The molecule has 0 aliphatic rings. The summed E-state index contributed by atoms with van der Waals surface area (Å²) < 4.78 is 19.0. The van der Waals surface area contributed by atoms with Gasteiger partial charge in [-0.1, -0.05) is 17.3 Å². The first-order chi connectivity index (χ1) is 11.6. The van der Waals surface area contributed by atoms with Crippen LogP contribution in [0.4, 0.5) is 15.0 Å². The van der Waals surface area contributed by atoms with Gasteiger partial charge in [0.2, 0.25) is 5.91 Å². The predicted molar refractivity (Wildman–Crippen MR) is 83.8 cm³/mol. The standard InChI is InChI=1S/C15H18FN5O3/c1-2-24-15(23)18-13-9-21(20-19-13)10-14(22)17-7-6-11-4-3-5-12(16)8-11/h3-5,8-9H,2,6-7,10H2,1H3,(H,17,22)(H,18,23). The van der Waals surface area contributed by atoms with Crippen molar-refractivity contribution in [3.63, 3.8) is 0 Å². The van der Waals surface area contributed by atoms with Gasteiger partial charge in [0, 0.05) is 6.54 Å². The second-order valence-electron chi connectivity index (χ2n) is 4.88. The van der Waals surface area contributed by atoms with Gasteiger partial charge >= 0.3 is 6.09 Å². The quantitative estimate of drug-likeness (QED) is 0.796. The molecule has 0 unspecified atom stereocenters. The molecule has 128 valence electrons. The number of hydrogen-bond acceptors (Lipinski definition) is 5. The van der Waals surface area contributed by atoms with Gasteiger partial charge in [-0.25, -0.2) is 13.9 Å². The molecule has 0 radical (unpaired) electrons. The summed E-state index contributed by atoms with van der Waals surface area (Å²) in [5.41, 5.74) is 0.803. The lowest BCUT2D eigenvalue weighted by Crippen LogP contribution is -2.29. The molecular weight excluding hydrogens is 317 g/mol. The summed E-state index contributed by atoms with van der Waals surface area (Å²) in [5.74, 6) is -0.372. The predicted octanol–water partition coefficient (Wildman–Crippen LogP) is 1.34. The lowest BCUT2D eigenvalue weighted by atomic mass is 10.1. The molecule has 0 aliphatic carbocycles. The fraction of sp³-hybridized carbons (Fsp3) is 0.333. The average molecular weight is 335 g/mol. The van der Waals surface area contributed by atoms with Gasteiger partial charge in [-0.2, -0.15) is 0 Å². The molecule has 1 aromatic heterocycles. The summed E-state index contributed by atoms with van der Waals surface area (Å²) in [7, 11) is 0. The molecule has 2 N–H and O–H groups in total. The summed E-state index contributed by atoms with van der Waals surface area (Å²) in [4.78, 5) is 23.0. The Hall–Kier alpha value is -2.97. The van der Waals surface area contributed by atoms with Crippen LogP contribution in [0.5, 0.6) is 0 Å². The second-order valence-corrected chi connectivity index (χ2v) is 4.88. The van der Waals surface area contributed by atoms with Crippen molar-refractivity contribution in [3.05, 3.63) is 41.8 Å². The highest BCUT2D eigenvalue weighted by Gasteiger charge is 2.08. The zero-order valence-corrected chi connectivity index (χ0v) is 13.2. The molecule has 0 spiro atoms. The number of nitrogens with zero attached hydrogens (tertiary/aromatic N) is 3. The number of amides is 2. The number of rotatable bonds is 7. The van der Waals surface area contributed by atoms with E-state index in [-0.39, 0.29) is 30.7 Å². The Balaban J connectivity index is 1.74. The molecule has 2 rings (SSSR count). The van der Waals surface area contributed by atoms with Gasteiger partial charge in [0.1, 0.15) is 12.4 Å². The van der Waals surface area contributed by atoms with E-state index in [1.54, 1.807) is 19.1 Å². The summed E-state index contributed by atoms with van der Waals surface area (Å²) in [6.07, 6.45) is 1.31. The summed E-state index contributed by atoms with van der Waals surface area (Å²) >= 11 is 0. The molecule has 24 heavy (non-hydrogen) atoms. The number of carbonyl (C=O) groups excluding carboxylic acids is 2. The van der Waals surface area contributed by atoms with Crippen LogP contribution in [-0.4, -0.2) is 40.1 Å². The number of benzene rings is 1. The fourth-order valence-electron chi connectivity index (χ4n) is 1.95. The van der Waals surface area contributed by atoms with Gasteiger partial charge in [0.15, 0.2) is 5.82 Å². The van der Waals surface area contributed by atoms with E-state index in [1.807, 2.05) is 0 Å². The molecule has 1 heterocycles. The van der Waals surface area contributed by atoms with E-state index in [0.717, 1.165) is 5.56 Å². The summed E-state index contributed by atoms with van der Waals surface area (Å²) in [6, 6.07) is 6.21. The van der Waals surface area contributed by atoms with Gasteiger partial charge in [0.25, 0.3) is 0 Å². The first-order valence-corrected chi connectivity index (χ1v) is 7.42. The first-order valence-electron chi connectivity index (χ1n) is 7.42. The molecule has 0 bridgehead atoms. The van der Waals surface area contributed by atoms with Gasteiger partial charge in [-0.05, 0) is 31.0 Å². The maximum atomic E-state index is 13.0. The summed E-state index contributed by atoms with van der Waals surface area (Å²) in [5, 5.41) is 12.5. The van der Waals surface area contributed by atoms with Gasteiger partial charge in [0.05, 0.1) is 12.8 Å². The Morgan fingerprint density at radius 3 is 2.96 bits per heavy atom. The molecule has 8 nitrogen and oxygen atoms in total. The minimum Gasteiger partial charge on any atom is -0.450 e. The minimum absolute atomic E-state index is 0.0410. The van der Waals surface area contributed by atoms with Crippen molar-refractivity contribution in [2.24, 2.45) is 0 Å². The Labute approximate surface area is 138 Å². The Kier molecular flexibility index (Phi) is 6.23. The highest BCUT2D eigenvalue weighted by atomic mass is 19.1. The van der Waals surface area contributed by atoms with Gasteiger partial charge < -0.3 is 10.1 Å². The van der Waals surface area contributed by atoms with Gasteiger partial charge in [-0.15, -0.1) is 5.10 Å². The number of aromatic nitrogens is 3. The fourth-order valence-corrected chi connectivity index (χ4v) is 1.95. The number of carbonyl (C=O) groups is 2. The van der Waals surface area contributed by atoms with Crippen LogP contribution in [0, 0.1) is 5.82 Å². The van der Waals surface area contributed by atoms with Crippen molar-refractivity contribution in [2.75, 3.05) is 18.5 Å². The van der Waals surface area contributed by atoms with Crippen molar-refractivity contribution in [2.45, 2.75) is 19.9 Å². The number of halogens is 1. The SMILES string of the molecule is CCOC(=O)Nc1cn(CC(=O)NCCc2cccc(F)c2)nn1. The normalized spacial score (nSPS) is 10.2. The van der Waals surface area contributed by atoms with Crippen LogP contribution in [0.3, 0.4) is 0 Å². The molecule has 1 aromatic carbocycles. The van der Waals surface area contributed by atoms with Crippen molar-refractivity contribution in [3.8, 4) is 0 Å². The molecule has 0 atom stereocenters. The largest absolute Gasteiger partial charge is 0.450 e. The third-order valence-corrected chi connectivity index (χ3v) is 2.97. The molecule has 9 heteroatoms. The smallest absolute Gasteiger partial charge is 0.412 e. The molecule has 2 amide bonds. The minimum atomic E-state index is -0.635. The van der Waals surface area contributed by atoms with E-state index in [0.29, 0.717) is 13.0 Å². The maximum Gasteiger partial charge on any atom is 0.412 e. The average Bonchev–Trinajstić information content (AvgIpc) is 2.94. The third-order valence-electron chi connectivity index (χ3n) is 2.97. The molecule has 2 aromatic rings. The van der Waals surface area contributed by atoms with Crippen LogP contribution in [0.1, 0.15) is 12.5 Å². The van der Waals surface area contributed by atoms with E-state index >= 15 is 0 Å². The molecule has 0 fully saturated rings. The zero-order valence-electron chi connectivity index (χ0n) is 13.2. The van der Waals surface area contributed by atoms with Crippen LogP contribution in [-0.2, 0) is 22.5 Å². The van der Waals surface area contributed by atoms with E-state index in [4.69, 9.17) is 4.74 Å². The van der Waals surface area contributed by atoms with Crippen LogP contribution in [0.25, 0.3) is 0 Å². The Bertz CT molecular complexity index is 704. The molecular formula is C15H18FN5O3.